The van der Waals surface area contributed by atoms with E-state index in [1.807, 2.05) is 0 Å². The lowest BCUT2D eigenvalue weighted by molar-refractivity contribution is -0.142. The summed E-state index contributed by atoms with van der Waals surface area (Å²) in [6.07, 6.45) is 0.391. The van der Waals surface area contributed by atoms with Crippen molar-refractivity contribution in [2.45, 2.75) is 6.92 Å². The lowest BCUT2D eigenvalue weighted by Gasteiger charge is -1.88. The molecule has 1 atom stereocenters. The largest absolute Gasteiger partial charge is 0.481 e. The van der Waals surface area contributed by atoms with E-state index in [0.29, 0.717) is 19.4 Å². The highest BCUT2D eigenvalue weighted by Crippen LogP contribution is 1.84. The summed E-state index contributed by atoms with van der Waals surface area (Å²) >= 11 is 0. The number of rotatable bonds is 3. The molecule has 11 heavy (non-hydrogen) atoms. The van der Waals surface area contributed by atoms with Crippen LogP contribution in [0.15, 0.2) is 0 Å². The van der Waals surface area contributed by atoms with Crippen LogP contribution in [-0.2, 0) is 9.59 Å². The summed E-state index contributed by atoms with van der Waals surface area (Å²) in [5, 5.41) is 7.95. The third-order valence-electron chi connectivity index (χ3n) is 0.760. The van der Waals surface area contributed by atoms with Gasteiger partial charge < -0.3 is 21.4 Å². The Bertz CT molecular complexity index is 114. The standard InChI is InChI=1S/C4H6O3.C2H8N2/c1-3(2-5)4(6)7;3-1-2-4/h2-3H,1H3,(H,6,7);1-4H2. The van der Waals surface area contributed by atoms with Crippen LogP contribution in [0.5, 0.6) is 0 Å². The molecule has 0 amide bonds. The van der Waals surface area contributed by atoms with E-state index in [9.17, 15) is 9.59 Å². The minimum absolute atomic E-state index is 0.391. The molecule has 0 spiro atoms. The highest BCUT2D eigenvalue weighted by atomic mass is 16.4. The van der Waals surface area contributed by atoms with Gasteiger partial charge in [0.25, 0.3) is 0 Å². The van der Waals surface area contributed by atoms with Crippen molar-refractivity contribution in [3.8, 4) is 0 Å². The van der Waals surface area contributed by atoms with Crippen molar-refractivity contribution < 1.29 is 14.7 Å². The summed E-state index contributed by atoms with van der Waals surface area (Å²) in [6, 6.07) is 0. The van der Waals surface area contributed by atoms with Gasteiger partial charge in [0.15, 0.2) is 0 Å². The molecule has 5 nitrogen and oxygen atoms in total. The summed E-state index contributed by atoms with van der Waals surface area (Å²) in [6.45, 7) is 2.52. The predicted octanol–water partition coefficient (Wildman–Crippen LogP) is -1.19. The zero-order chi connectivity index (χ0) is 9.28. The predicted molar refractivity (Wildman–Crippen MR) is 41.0 cm³/mol. The molecule has 0 fully saturated rings. The number of aliphatic carboxylic acids is 1. The van der Waals surface area contributed by atoms with Crippen LogP contribution in [0, 0.1) is 5.92 Å². The first-order valence-corrected chi connectivity index (χ1v) is 3.18. The summed E-state index contributed by atoms with van der Waals surface area (Å²) in [5.74, 6) is -1.94. The molecule has 0 aliphatic heterocycles. The van der Waals surface area contributed by atoms with Gasteiger partial charge in [-0.3, -0.25) is 4.79 Å². The molecule has 0 saturated carbocycles. The van der Waals surface area contributed by atoms with Gasteiger partial charge in [-0.05, 0) is 6.92 Å². The Morgan fingerprint density at radius 1 is 1.55 bits per heavy atom. The maximum atomic E-state index is 9.70. The van der Waals surface area contributed by atoms with Gasteiger partial charge in [-0.1, -0.05) is 0 Å². The van der Waals surface area contributed by atoms with Crippen molar-refractivity contribution in [2.24, 2.45) is 17.4 Å². The van der Waals surface area contributed by atoms with E-state index in [1.165, 1.54) is 6.92 Å². The molecule has 0 rings (SSSR count). The zero-order valence-corrected chi connectivity index (χ0v) is 6.49. The maximum absolute atomic E-state index is 9.70. The van der Waals surface area contributed by atoms with Crippen LogP contribution in [0.25, 0.3) is 0 Å². The summed E-state index contributed by atoms with van der Waals surface area (Å²) < 4.78 is 0. The van der Waals surface area contributed by atoms with E-state index in [1.54, 1.807) is 0 Å². The maximum Gasteiger partial charge on any atom is 0.313 e. The van der Waals surface area contributed by atoms with Crippen LogP contribution in [0.3, 0.4) is 0 Å². The molecule has 5 heteroatoms. The van der Waals surface area contributed by atoms with E-state index >= 15 is 0 Å². The molecular weight excluding hydrogens is 148 g/mol. The number of hydrogen-bond acceptors (Lipinski definition) is 4. The minimum atomic E-state index is -1.07. The number of hydrogen-bond donors (Lipinski definition) is 3. The number of aldehydes is 1. The van der Waals surface area contributed by atoms with Gasteiger partial charge in [-0.2, -0.15) is 0 Å². The first-order chi connectivity index (χ1) is 5.09. The topological polar surface area (TPSA) is 106 Å². The normalized spacial score (nSPS) is 10.8. The Morgan fingerprint density at radius 3 is 1.91 bits per heavy atom. The van der Waals surface area contributed by atoms with E-state index in [0.717, 1.165) is 0 Å². The summed E-state index contributed by atoms with van der Waals surface area (Å²) in [4.78, 5) is 19.3. The molecule has 0 saturated heterocycles. The van der Waals surface area contributed by atoms with E-state index in [2.05, 4.69) is 0 Å². The second-order valence-corrected chi connectivity index (χ2v) is 1.84. The van der Waals surface area contributed by atoms with Crippen molar-refractivity contribution in [2.75, 3.05) is 13.1 Å². The van der Waals surface area contributed by atoms with Gasteiger partial charge in [0.05, 0.1) is 0 Å². The first kappa shape index (κ1) is 12.7. The molecule has 0 aromatic heterocycles. The Kier molecular flexibility index (Phi) is 10.5. The van der Waals surface area contributed by atoms with Gasteiger partial charge in [0.1, 0.15) is 12.2 Å². The van der Waals surface area contributed by atoms with Gasteiger partial charge in [-0.15, -0.1) is 0 Å². The molecule has 1 unspecified atom stereocenters. The molecule has 0 aromatic carbocycles. The average Bonchev–Trinajstić information content (AvgIpc) is 2.03. The van der Waals surface area contributed by atoms with E-state index in [-0.39, 0.29) is 0 Å². The van der Waals surface area contributed by atoms with Gasteiger partial charge >= 0.3 is 5.97 Å². The Labute approximate surface area is 65.4 Å². The molecule has 5 N–H and O–H groups in total. The molecule has 0 aliphatic carbocycles. The summed E-state index contributed by atoms with van der Waals surface area (Å²) in [5.41, 5.74) is 9.81. The third-order valence-corrected chi connectivity index (χ3v) is 0.760. The SMILES string of the molecule is CC(C=O)C(=O)O.NCCN. The Morgan fingerprint density at radius 2 is 1.91 bits per heavy atom. The van der Waals surface area contributed by atoms with Crippen LogP contribution >= 0.6 is 0 Å². The van der Waals surface area contributed by atoms with Crippen LogP contribution < -0.4 is 11.5 Å². The van der Waals surface area contributed by atoms with Crippen molar-refractivity contribution >= 4 is 12.3 Å². The fraction of sp³-hybridized carbons (Fsp3) is 0.667. The van der Waals surface area contributed by atoms with Crippen LogP contribution in [0.2, 0.25) is 0 Å². The molecule has 0 aromatic rings. The molecule has 0 aliphatic rings. The minimum Gasteiger partial charge on any atom is -0.481 e. The third kappa shape index (κ3) is 12.3. The second-order valence-electron chi connectivity index (χ2n) is 1.84. The van der Waals surface area contributed by atoms with Crippen LogP contribution in [0.1, 0.15) is 6.92 Å². The van der Waals surface area contributed by atoms with Crippen molar-refractivity contribution in [1.29, 1.82) is 0 Å². The fourth-order valence-electron chi connectivity index (χ4n) is 0.0582. The molecule has 0 radical (unpaired) electrons. The second kappa shape index (κ2) is 9.06. The molecule has 66 valence electrons. The first-order valence-electron chi connectivity index (χ1n) is 3.18. The highest BCUT2D eigenvalue weighted by Gasteiger charge is 2.06. The zero-order valence-electron chi connectivity index (χ0n) is 6.49. The van der Waals surface area contributed by atoms with Crippen molar-refractivity contribution in [3.05, 3.63) is 0 Å². The molecule has 0 bridgehead atoms. The molecule has 0 heterocycles. The highest BCUT2D eigenvalue weighted by molar-refractivity contribution is 5.85. The Hall–Kier alpha value is -0.940. The number of carboxylic acid groups (broad SMARTS) is 1. The number of carbonyl (C=O) groups is 2. The monoisotopic (exact) mass is 162 g/mol. The average molecular weight is 162 g/mol. The summed E-state index contributed by atoms with van der Waals surface area (Å²) in [7, 11) is 0. The van der Waals surface area contributed by atoms with Gasteiger partial charge in [-0.25, -0.2) is 0 Å². The van der Waals surface area contributed by atoms with E-state index < -0.39 is 11.9 Å². The lowest BCUT2D eigenvalue weighted by atomic mass is 10.2. The van der Waals surface area contributed by atoms with Crippen molar-refractivity contribution in [1.82, 2.24) is 0 Å². The van der Waals surface area contributed by atoms with Crippen molar-refractivity contribution in [3.63, 3.8) is 0 Å². The number of carboxylic acids is 1. The number of nitrogens with two attached hydrogens (primary N) is 2. The van der Waals surface area contributed by atoms with Gasteiger partial charge in [0.2, 0.25) is 0 Å². The van der Waals surface area contributed by atoms with Crippen LogP contribution in [0.4, 0.5) is 0 Å². The quantitative estimate of drug-likeness (QED) is 0.357. The van der Waals surface area contributed by atoms with Gasteiger partial charge in [0, 0.05) is 13.1 Å². The number of carbonyl (C=O) groups excluding carboxylic acids is 1. The van der Waals surface area contributed by atoms with E-state index in [4.69, 9.17) is 16.6 Å². The smallest absolute Gasteiger partial charge is 0.313 e. The fourth-order valence-corrected chi connectivity index (χ4v) is 0.0582. The molecular formula is C6H14N2O3. The van der Waals surface area contributed by atoms with Crippen LogP contribution in [-0.4, -0.2) is 30.5 Å². The lowest BCUT2D eigenvalue weighted by Crippen LogP contribution is -2.11. The Balaban J connectivity index is 0.